The van der Waals surface area contributed by atoms with E-state index in [-0.39, 0.29) is 17.7 Å². The summed E-state index contributed by atoms with van der Waals surface area (Å²) in [5.41, 5.74) is 6.65. The lowest BCUT2D eigenvalue weighted by Gasteiger charge is -2.15. The van der Waals surface area contributed by atoms with Gasteiger partial charge in [-0.3, -0.25) is 9.69 Å². The Kier molecular flexibility index (Phi) is 4.02. The highest BCUT2D eigenvalue weighted by molar-refractivity contribution is 6.18. The minimum Gasteiger partial charge on any atom is -0.369 e. The van der Waals surface area contributed by atoms with Crippen LogP contribution in [0, 0.1) is 11.8 Å². The largest absolute Gasteiger partial charge is 0.369 e. The minimum atomic E-state index is -0.230. The van der Waals surface area contributed by atoms with Gasteiger partial charge in [0.1, 0.15) is 0 Å². The van der Waals surface area contributed by atoms with Crippen LogP contribution in [-0.4, -0.2) is 29.8 Å². The summed E-state index contributed by atoms with van der Waals surface area (Å²) in [6.07, 6.45) is 0. The Morgan fingerprint density at radius 1 is 1.35 bits per heavy atom. The van der Waals surface area contributed by atoms with Crippen molar-refractivity contribution in [1.82, 2.24) is 4.90 Å². The van der Waals surface area contributed by atoms with E-state index in [1.54, 1.807) is 0 Å². The molecule has 0 saturated carbocycles. The van der Waals surface area contributed by atoms with Crippen molar-refractivity contribution in [1.29, 1.82) is 0 Å². The van der Waals surface area contributed by atoms with E-state index in [0.29, 0.717) is 5.88 Å². The van der Waals surface area contributed by atoms with Gasteiger partial charge in [-0.2, -0.15) is 0 Å². The Hall–Kier alpha value is -1.06. The number of nitrogens with two attached hydrogens (primary N) is 1. The van der Waals surface area contributed by atoms with Crippen molar-refractivity contribution in [3.8, 4) is 0 Å². The molecule has 92 valence electrons. The van der Waals surface area contributed by atoms with Gasteiger partial charge >= 0.3 is 0 Å². The van der Waals surface area contributed by atoms with Crippen molar-refractivity contribution in [2.24, 2.45) is 17.6 Å². The van der Waals surface area contributed by atoms with E-state index in [1.165, 1.54) is 5.56 Å². The van der Waals surface area contributed by atoms with Crippen LogP contribution in [0.25, 0.3) is 0 Å². The van der Waals surface area contributed by atoms with Crippen molar-refractivity contribution in [2.75, 3.05) is 19.0 Å². The summed E-state index contributed by atoms with van der Waals surface area (Å²) in [5.74, 6) is 0.360. The number of alkyl halides is 1. The SMILES string of the molecule is NC(=O)[C@@H]1CN(Cc2ccccc2)C[C@H]1CCl. The zero-order valence-corrected chi connectivity index (χ0v) is 10.4. The van der Waals surface area contributed by atoms with Gasteiger partial charge in [-0.25, -0.2) is 0 Å². The predicted molar refractivity (Wildman–Crippen MR) is 68.6 cm³/mol. The zero-order valence-electron chi connectivity index (χ0n) is 9.68. The molecule has 2 N–H and O–H groups in total. The van der Waals surface area contributed by atoms with Crippen molar-refractivity contribution >= 4 is 17.5 Å². The number of primary amides is 1. The Labute approximate surface area is 107 Å². The molecule has 0 aromatic heterocycles. The van der Waals surface area contributed by atoms with Gasteiger partial charge in [-0.15, -0.1) is 11.6 Å². The summed E-state index contributed by atoms with van der Waals surface area (Å²) in [5, 5.41) is 0. The highest BCUT2D eigenvalue weighted by Crippen LogP contribution is 2.25. The fourth-order valence-corrected chi connectivity index (χ4v) is 2.72. The second kappa shape index (κ2) is 5.52. The number of benzene rings is 1. The Morgan fingerprint density at radius 2 is 2.06 bits per heavy atom. The van der Waals surface area contributed by atoms with Crippen molar-refractivity contribution in [3.05, 3.63) is 35.9 Å². The lowest BCUT2D eigenvalue weighted by atomic mass is 9.98. The van der Waals surface area contributed by atoms with Crippen LogP contribution in [0.5, 0.6) is 0 Å². The molecular formula is C13H17ClN2O. The summed E-state index contributed by atoms with van der Waals surface area (Å²) < 4.78 is 0. The lowest BCUT2D eigenvalue weighted by molar-refractivity contribution is -0.122. The van der Waals surface area contributed by atoms with Gasteiger partial charge in [0.15, 0.2) is 0 Å². The van der Waals surface area contributed by atoms with Crippen LogP contribution >= 0.6 is 11.6 Å². The summed E-state index contributed by atoms with van der Waals surface area (Å²) in [4.78, 5) is 13.6. The standard InChI is InChI=1S/C13H17ClN2O/c14-6-11-8-16(9-12(11)13(15)17)7-10-4-2-1-3-5-10/h1-5,11-12H,6-9H2,(H2,15,17)/t11-,12-/m1/s1. The number of halogens is 1. The second-order valence-electron chi connectivity index (χ2n) is 4.60. The molecule has 1 heterocycles. The lowest BCUT2D eigenvalue weighted by Crippen LogP contribution is -2.30. The molecule has 1 amide bonds. The molecule has 1 aromatic rings. The molecular weight excluding hydrogens is 236 g/mol. The molecule has 1 aliphatic rings. The van der Waals surface area contributed by atoms with Crippen LogP contribution in [0.15, 0.2) is 30.3 Å². The molecule has 0 spiro atoms. The van der Waals surface area contributed by atoms with Gasteiger partial charge in [-0.05, 0) is 11.5 Å². The van der Waals surface area contributed by atoms with E-state index in [1.807, 2.05) is 18.2 Å². The van der Waals surface area contributed by atoms with Crippen LogP contribution < -0.4 is 5.73 Å². The van der Waals surface area contributed by atoms with Crippen LogP contribution in [-0.2, 0) is 11.3 Å². The number of carbonyl (C=O) groups is 1. The van der Waals surface area contributed by atoms with Gasteiger partial charge in [0.25, 0.3) is 0 Å². The van der Waals surface area contributed by atoms with E-state index >= 15 is 0 Å². The molecule has 17 heavy (non-hydrogen) atoms. The quantitative estimate of drug-likeness (QED) is 0.825. The third-order valence-electron chi connectivity index (χ3n) is 3.33. The average Bonchev–Trinajstić information content (AvgIpc) is 2.73. The maximum absolute atomic E-state index is 11.3. The van der Waals surface area contributed by atoms with E-state index < -0.39 is 0 Å². The Balaban J connectivity index is 1.99. The monoisotopic (exact) mass is 252 g/mol. The first-order chi connectivity index (χ1) is 8.20. The Bertz CT molecular complexity index is 382. The van der Waals surface area contributed by atoms with Crippen molar-refractivity contribution in [3.63, 3.8) is 0 Å². The first-order valence-corrected chi connectivity index (χ1v) is 6.35. The topological polar surface area (TPSA) is 46.3 Å². The highest BCUT2D eigenvalue weighted by Gasteiger charge is 2.35. The molecule has 0 bridgehead atoms. The maximum Gasteiger partial charge on any atom is 0.222 e. The fraction of sp³-hybridized carbons (Fsp3) is 0.462. The molecule has 3 nitrogen and oxygen atoms in total. The van der Waals surface area contributed by atoms with Gasteiger partial charge in [0, 0.05) is 25.5 Å². The predicted octanol–water partition coefficient (Wildman–Crippen LogP) is 1.46. The van der Waals surface area contributed by atoms with Crippen molar-refractivity contribution in [2.45, 2.75) is 6.54 Å². The number of amides is 1. The number of likely N-dealkylation sites (tertiary alicyclic amines) is 1. The number of nitrogens with zero attached hydrogens (tertiary/aromatic N) is 1. The third-order valence-corrected chi connectivity index (χ3v) is 3.73. The summed E-state index contributed by atoms with van der Waals surface area (Å²) in [6, 6.07) is 10.2. The molecule has 1 saturated heterocycles. The number of hydrogen-bond donors (Lipinski definition) is 1. The van der Waals surface area contributed by atoms with Crippen molar-refractivity contribution < 1.29 is 4.79 Å². The number of rotatable bonds is 4. The van der Waals surface area contributed by atoms with E-state index in [9.17, 15) is 4.79 Å². The first-order valence-electron chi connectivity index (χ1n) is 5.82. The smallest absolute Gasteiger partial charge is 0.222 e. The van der Waals surface area contributed by atoms with Crippen LogP contribution in [0.3, 0.4) is 0 Å². The van der Waals surface area contributed by atoms with Crippen LogP contribution in [0.4, 0.5) is 0 Å². The van der Waals surface area contributed by atoms with Gasteiger partial charge in [0.05, 0.1) is 5.92 Å². The molecule has 1 aromatic carbocycles. The highest BCUT2D eigenvalue weighted by atomic mass is 35.5. The normalized spacial score (nSPS) is 25.0. The minimum absolute atomic E-state index is 0.101. The second-order valence-corrected chi connectivity index (χ2v) is 4.91. The Morgan fingerprint density at radius 3 is 2.59 bits per heavy atom. The first kappa shape index (κ1) is 12.4. The zero-order chi connectivity index (χ0) is 12.3. The molecule has 0 radical (unpaired) electrons. The van der Waals surface area contributed by atoms with Crippen LogP contribution in [0.2, 0.25) is 0 Å². The van der Waals surface area contributed by atoms with Gasteiger partial charge < -0.3 is 5.73 Å². The number of carbonyl (C=O) groups excluding carboxylic acids is 1. The van der Waals surface area contributed by atoms with E-state index in [4.69, 9.17) is 17.3 Å². The number of hydrogen-bond acceptors (Lipinski definition) is 2. The van der Waals surface area contributed by atoms with E-state index in [0.717, 1.165) is 19.6 Å². The molecule has 0 aliphatic carbocycles. The summed E-state index contributed by atoms with van der Waals surface area (Å²) in [6.45, 7) is 2.44. The summed E-state index contributed by atoms with van der Waals surface area (Å²) >= 11 is 5.88. The molecule has 0 unspecified atom stereocenters. The molecule has 1 fully saturated rings. The van der Waals surface area contributed by atoms with Gasteiger partial charge in [0.2, 0.25) is 5.91 Å². The fourth-order valence-electron chi connectivity index (χ4n) is 2.41. The third kappa shape index (κ3) is 2.99. The molecule has 2 rings (SSSR count). The molecule has 4 heteroatoms. The molecule has 2 atom stereocenters. The maximum atomic E-state index is 11.3. The molecule has 1 aliphatic heterocycles. The van der Waals surface area contributed by atoms with E-state index in [2.05, 4.69) is 17.0 Å². The van der Waals surface area contributed by atoms with Gasteiger partial charge in [-0.1, -0.05) is 30.3 Å². The average molecular weight is 253 g/mol. The summed E-state index contributed by atoms with van der Waals surface area (Å²) in [7, 11) is 0. The van der Waals surface area contributed by atoms with Crippen LogP contribution in [0.1, 0.15) is 5.56 Å².